The van der Waals surface area contributed by atoms with Crippen molar-refractivity contribution in [3.63, 3.8) is 0 Å². The van der Waals surface area contributed by atoms with Gasteiger partial charge in [0.1, 0.15) is 0 Å². The standard InChI is InChI=1S/C12H20ClN5/c1-2-11(7-14)17-3-5-18(6-4-17)12-15-8-10(13)9-16-12/h8-9,11H,2-7,14H2,1H3. The van der Waals surface area contributed by atoms with Gasteiger partial charge in [-0.2, -0.15) is 0 Å². The van der Waals surface area contributed by atoms with Crippen LogP contribution in [-0.2, 0) is 0 Å². The number of aromatic nitrogens is 2. The van der Waals surface area contributed by atoms with Crippen molar-refractivity contribution in [2.75, 3.05) is 37.6 Å². The lowest BCUT2D eigenvalue weighted by Gasteiger charge is -2.38. The normalized spacial score (nSPS) is 18.9. The monoisotopic (exact) mass is 269 g/mol. The van der Waals surface area contributed by atoms with Crippen molar-refractivity contribution in [3.8, 4) is 0 Å². The van der Waals surface area contributed by atoms with E-state index in [0.717, 1.165) is 45.1 Å². The number of hydrogen-bond donors (Lipinski definition) is 1. The SMILES string of the molecule is CCC(CN)N1CCN(c2ncc(Cl)cn2)CC1. The number of nitrogens with two attached hydrogens (primary N) is 1. The second-order valence-corrected chi connectivity index (χ2v) is 4.96. The Morgan fingerprint density at radius 2 is 1.89 bits per heavy atom. The fourth-order valence-electron chi connectivity index (χ4n) is 2.33. The fourth-order valence-corrected chi connectivity index (χ4v) is 2.43. The summed E-state index contributed by atoms with van der Waals surface area (Å²) in [4.78, 5) is 13.1. The zero-order chi connectivity index (χ0) is 13.0. The molecular weight excluding hydrogens is 250 g/mol. The summed E-state index contributed by atoms with van der Waals surface area (Å²) in [6, 6.07) is 0.498. The average Bonchev–Trinajstić information content (AvgIpc) is 2.42. The Kier molecular flexibility index (Phi) is 4.74. The molecule has 1 aromatic heterocycles. The lowest BCUT2D eigenvalue weighted by atomic mass is 10.1. The summed E-state index contributed by atoms with van der Waals surface area (Å²) in [5, 5.41) is 0.576. The minimum absolute atomic E-state index is 0.498. The molecule has 0 aromatic carbocycles. The largest absolute Gasteiger partial charge is 0.338 e. The van der Waals surface area contributed by atoms with Crippen molar-refractivity contribution in [2.45, 2.75) is 19.4 Å². The quantitative estimate of drug-likeness (QED) is 0.883. The van der Waals surface area contributed by atoms with Crippen LogP contribution in [0.15, 0.2) is 12.4 Å². The van der Waals surface area contributed by atoms with Gasteiger partial charge >= 0.3 is 0 Å². The molecule has 1 aromatic rings. The summed E-state index contributed by atoms with van der Waals surface area (Å²) in [6.45, 7) is 6.83. The van der Waals surface area contributed by atoms with E-state index in [4.69, 9.17) is 17.3 Å². The highest BCUT2D eigenvalue weighted by atomic mass is 35.5. The van der Waals surface area contributed by atoms with Crippen LogP contribution in [0.4, 0.5) is 5.95 Å². The number of hydrogen-bond acceptors (Lipinski definition) is 5. The Hall–Kier alpha value is -0.910. The first kappa shape index (κ1) is 13.5. The summed E-state index contributed by atoms with van der Waals surface area (Å²) in [7, 11) is 0. The highest BCUT2D eigenvalue weighted by Gasteiger charge is 2.22. The van der Waals surface area contributed by atoms with E-state index in [2.05, 4.69) is 26.7 Å². The second kappa shape index (κ2) is 6.31. The van der Waals surface area contributed by atoms with Crippen LogP contribution in [0.2, 0.25) is 5.02 Å². The van der Waals surface area contributed by atoms with Gasteiger partial charge in [0, 0.05) is 38.8 Å². The predicted molar refractivity (Wildman–Crippen MR) is 74.0 cm³/mol. The molecule has 0 saturated carbocycles. The molecule has 100 valence electrons. The zero-order valence-electron chi connectivity index (χ0n) is 10.7. The van der Waals surface area contributed by atoms with Crippen molar-refractivity contribution < 1.29 is 0 Å². The van der Waals surface area contributed by atoms with Crippen LogP contribution >= 0.6 is 11.6 Å². The van der Waals surface area contributed by atoms with Crippen LogP contribution in [0.25, 0.3) is 0 Å². The van der Waals surface area contributed by atoms with E-state index in [9.17, 15) is 0 Å². The van der Waals surface area contributed by atoms with E-state index >= 15 is 0 Å². The van der Waals surface area contributed by atoms with Gasteiger partial charge in [-0.3, -0.25) is 4.90 Å². The lowest BCUT2D eigenvalue weighted by molar-refractivity contribution is 0.184. The molecule has 5 nitrogen and oxygen atoms in total. The summed E-state index contributed by atoms with van der Waals surface area (Å²) in [6.07, 6.45) is 4.39. The van der Waals surface area contributed by atoms with Crippen LogP contribution in [0, 0.1) is 0 Å². The van der Waals surface area contributed by atoms with E-state index in [0.29, 0.717) is 11.1 Å². The average molecular weight is 270 g/mol. The molecule has 0 spiro atoms. The van der Waals surface area contributed by atoms with Gasteiger partial charge in [0.05, 0.1) is 17.4 Å². The highest BCUT2D eigenvalue weighted by Crippen LogP contribution is 2.14. The van der Waals surface area contributed by atoms with Gasteiger partial charge in [-0.1, -0.05) is 18.5 Å². The third-order valence-electron chi connectivity index (χ3n) is 3.46. The van der Waals surface area contributed by atoms with E-state index in [1.807, 2.05) is 0 Å². The van der Waals surface area contributed by atoms with Gasteiger partial charge in [0.15, 0.2) is 0 Å². The van der Waals surface area contributed by atoms with Gasteiger partial charge in [0.25, 0.3) is 0 Å². The van der Waals surface area contributed by atoms with Crippen LogP contribution in [0.5, 0.6) is 0 Å². The van der Waals surface area contributed by atoms with Gasteiger partial charge in [-0.15, -0.1) is 0 Å². The molecule has 2 rings (SSSR count). The van der Waals surface area contributed by atoms with Crippen LogP contribution in [0.1, 0.15) is 13.3 Å². The molecule has 0 bridgehead atoms. The number of piperazine rings is 1. The molecule has 1 saturated heterocycles. The second-order valence-electron chi connectivity index (χ2n) is 4.52. The van der Waals surface area contributed by atoms with Gasteiger partial charge in [0.2, 0.25) is 5.95 Å². The molecule has 1 aliphatic rings. The molecule has 1 atom stereocenters. The smallest absolute Gasteiger partial charge is 0.225 e. The van der Waals surface area contributed by atoms with E-state index < -0.39 is 0 Å². The Morgan fingerprint density at radius 1 is 1.28 bits per heavy atom. The Bertz CT molecular complexity index is 357. The maximum Gasteiger partial charge on any atom is 0.225 e. The topological polar surface area (TPSA) is 58.3 Å². The maximum atomic E-state index is 5.79. The molecule has 0 amide bonds. The van der Waals surface area contributed by atoms with Gasteiger partial charge < -0.3 is 10.6 Å². The Labute approximate surface area is 113 Å². The molecule has 6 heteroatoms. The van der Waals surface area contributed by atoms with Crippen molar-refractivity contribution in [1.29, 1.82) is 0 Å². The van der Waals surface area contributed by atoms with Crippen LogP contribution in [-0.4, -0.2) is 53.6 Å². The number of anilines is 1. The fraction of sp³-hybridized carbons (Fsp3) is 0.667. The Balaban J connectivity index is 1.92. The van der Waals surface area contributed by atoms with Crippen LogP contribution in [0.3, 0.4) is 0 Å². The molecule has 1 fully saturated rings. The van der Waals surface area contributed by atoms with Crippen LogP contribution < -0.4 is 10.6 Å². The summed E-state index contributed by atoms with van der Waals surface area (Å²) in [5.74, 6) is 0.764. The first-order valence-electron chi connectivity index (χ1n) is 6.41. The molecule has 1 unspecified atom stereocenters. The minimum Gasteiger partial charge on any atom is -0.338 e. The van der Waals surface area contributed by atoms with Gasteiger partial charge in [-0.05, 0) is 6.42 Å². The lowest BCUT2D eigenvalue weighted by Crippen LogP contribution is -2.52. The van der Waals surface area contributed by atoms with Crippen molar-refractivity contribution in [3.05, 3.63) is 17.4 Å². The van der Waals surface area contributed by atoms with Crippen molar-refractivity contribution in [1.82, 2.24) is 14.9 Å². The minimum atomic E-state index is 0.498. The van der Waals surface area contributed by atoms with Crippen molar-refractivity contribution in [2.24, 2.45) is 5.73 Å². The molecule has 1 aliphatic heterocycles. The zero-order valence-corrected chi connectivity index (χ0v) is 11.5. The van der Waals surface area contributed by atoms with E-state index in [1.54, 1.807) is 12.4 Å². The third kappa shape index (κ3) is 3.10. The molecule has 2 N–H and O–H groups in total. The summed E-state index contributed by atoms with van der Waals surface area (Å²) >= 11 is 5.79. The summed E-state index contributed by atoms with van der Waals surface area (Å²) in [5.41, 5.74) is 5.78. The van der Waals surface area contributed by atoms with E-state index in [1.165, 1.54) is 0 Å². The third-order valence-corrected chi connectivity index (χ3v) is 3.66. The maximum absolute atomic E-state index is 5.79. The highest BCUT2D eigenvalue weighted by molar-refractivity contribution is 6.30. The molecule has 0 radical (unpaired) electrons. The molecule has 18 heavy (non-hydrogen) atoms. The predicted octanol–water partition coefficient (Wildman–Crippen LogP) is 0.989. The van der Waals surface area contributed by atoms with Crippen molar-refractivity contribution >= 4 is 17.5 Å². The first-order valence-corrected chi connectivity index (χ1v) is 6.79. The number of nitrogens with zero attached hydrogens (tertiary/aromatic N) is 4. The van der Waals surface area contributed by atoms with E-state index in [-0.39, 0.29) is 0 Å². The van der Waals surface area contributed by atoms with Gasteiger partial charge in [-0.25, -0.2) is 9.97 Å². The Morgan fingerprint density at radius 3 is 2.39 bits per heavy atom. The number of rotatable bonds is 4. The first-order chi connectivity index (χ1) is 8.74. The molecule has 2 heterocycles. The summed E-state index contributed by atoms with van der Waals surface area (Å²) < 4.78 is 0. The number of halogens is 1. The molecule has 0 aliphatic carbocycles. The molecular formula is C12H20ClN5.